The number of nitrogen functional groups attached to an aromatic ring is 1. The number of amides is 1. The molecule has 0 aliphatic rings. The SMILES string of the molecule is Cc1cnc2c(c1)nc(-c1cccnc1N)n2-c1ccc(CC(=O)Nc2ccccc2)cc1. The van der Waals surface area contributed by atoms with Gasteiger partial charge in [0.25, 0.3) is 0 Å². The molecule has 33 heavy (non-hydrogen) atoms. The number of benzene rings is 2. The smallest absolute Gasteiger partial charge is 0.228 e. The van der Waals surface area contributed by atoms with Gasteiger partial charge in [0, 0.05) is 23.8 Å². The first-order valence-corrected chi connectivity index (χ1v) is 10.6. The fourth-order valence-electron chi connectivity index (χ4n) is 3.77. The highest BCUT2D eigenvalue weighted by Gasteiger charge is 2.18. The fourth-order valence-corrected chi connectivity index (χ4v) is 3.77. The lowest BCUT2D eigenvalue weighted by molar-refractivity contribution is -0.115. The van der Waals surface area contributed by atoms with Crippen LogP contribution in [0.3, 0.4) is 0 Å². The summed E-state index contributed by atoms with van der Waals surface area (Å²) >= 11 is 0. The number of rotatable bonds is 5. The number of fused-ring (bicyclic) bond motifs is 1. The molecule has 3 aromatic heterocycles. The number of nitrogens with two attached hydrogens (primary N) is 1. The number of nitrogens with zero attached hydrogens (tertiary/aromatic N) is 4. The third-order valence-electron chi connectivity index (χ3n) is 5.33. The van der Waals surface area contributed by atoms with Gasteiger partial charge in [-0.15, -0.1) is 0 Å². The van der Waals surface area contributed by atoms with Crippen LogP contribution in [0.5, 0.6) is 0 Å². The molecule has 5 aromatic rings. The Kier molecular flexibility index (Phi) is 5.28. The molecule has 0 radical (unpaired) electrons. The van der Waals surface area contributed by atoms with Gasteiger partial charge in [-0.3, -0.25) is 9.36 Å². The number of hydrogen-bond acceptors (Lipinski definition) is 5. The van der Waals surface area contributed by atoms with Gasteiger partial charge in [-0.2, -0.15) is 0 Å². The van der Waals surface area contributed by atoms with Crippen molar-refractivity contribution < 1.29 is 4.79 Å². The lowest BCUT2D eigenvalue weighted by Gasteiger charge is -2.11. The van der Waals surface area contributed by atoms with Crippen molar-refractivity contribution in [3.8, 4) is 17.1 Å². The Labute approximate surface area is 191 Å². The Hall–Kier alpha value is -4.52. The van der Waals surface area contributed by atoms with Gasteiger partial charge in [-0.1, -0.05) is 30.3 Å². The lowest BCUT2D eigenvalue weighted by atomic mass is 10.1. The molecule has 5 rings (SSSR count). The lowest BCUT2D eigenvalue weighted by Crippen LogP contribution is -2.14. The van der Waals surface area contributed by atoms with Crippen molar-refractivity contribution in [3.05, 3.63) is 96.3 Å². The van der Waals surface area contributed by atoms with E-state index in [-0.39, 0.29) is 12.3 Å². The molecule has 0 spiro atoms. The molecule has 0 fully saturated rings. The number of imidazole rings is 1. The summed E-state index contributed by atoms with van der Waals surface area (Å²) in [6.07, 6.45) is 3.75. The second-order valence-corrected chi connectivity index (χ2v) is 7.82. The Morgan fingerprint density at radius 1 is 1.00 bits per heavy atom. The molecule has 0 unspecified atom stereocenters. The topological polar surface area (TPSA) is 98.7 Å². The van der Waals surface area contributed by atoms with Crippen LogP contribution in [0.2, 0.25) is 0 Å². The van der Waals surface area contributed by atoms with Crippen molar-refractivity contribution in [3.63, 3.8) is 0 Å². The van der Waals surface area contributed by atoms with Crippen LogP contribution in [0, 0.1) is 6.92 Å². The van der Waals surface area contributed by atoms with Crippen molar-refractivity contribution in [1.82, 2.24) is 19.5 Å². The fraction of sp³-hybridized carbons (Fsp3) is 0.0769. The maximum atomic E-state index is 12.4. The number of para-hydroxylation sites is 1. The molecule has 0 aliphatic heterocycles. The Morgan fingerprint density at radius 3 is 2.55 bits per heavy atom. The van der Waals surface area contributed by atoms with Gasteiger partial charge in [0.2, 0.25) is 5.91 Å². The van der Waals surface area contributed by atoms with E-state index in [1.54, 1.807) is 6.20 Å². The number of carbonyl (C=O) groups excluding carboxylic acids is 1. The third-order valence-corrected chi connectivity index (χ3v) is 5.33. The van der Waals surface area contributed by atoms with Crippen molar-refractivity contribution in [1.29, 1.82) is 0 Å². The zero-order chi connectivity index (χ0) is 22.8. The van der Waals surface area contributed by atoms with E-state index in [9.17, 15) is 4.79 Å². The molecule has 162 valence electrons. The summed E-state index contributed by atoms with van der Waals surface area (Å²) in [6, 6.07) is 23.0. The van der Waals surface area contributed by atoms with Gasteiger partial charge in [-0.05, 0) is 60.5 Å². The van der Waals surface area contributed by atoms with Crippen LogP contribution in [0.25, 0.3) is 28.2 Å². The van der Waals surface area contributed by atoms with Crippen LogP contribution in [0.15, 0.2) is 85.2 Å². The van der Waals surface area contributed by atoms with E-state index in [0.29, 0.717) is 11.6 Å². The Balaban J connectivity index is 1.49. The van der Waals surface area contributed by atoms with Crippen molar-refractivity contribution in [2.24, 2.45) is 0 Å². The summed E-state index contributed by atoms with van der Waals surface area (Å²) in [5.41, 5.74) is 12.0. The molecule has 0 atom stereocenters. The largest absolute Gasteiger partial charge is 0.383 e. The second kappa shape index (κ2) is 8.55. The maximum Gasteiger partial charge on any atom is 0.228 e. The zero-order valence-electron chi connectivity index (χ0n) is 18.1. The molecule has 3 heterocycles. The maximum absolute atomic E-state index is 12.4. The average molecular weight is 435 g/mol. The molecule has 0 aliphatic carbocycles. The van der Waals surface area contributed by atoms with Gasteiger partial charge in [-0.25, -0.2) is 15.0 Å². The van der Waals surface area contributed by atoms with E-state index in [2.05, 4.69) is 15.3 Å². The van der Waals surface area contributed by atoms with Gasteiger partial charge in [0.1, 0.15) is 11.3 Å². The number of aryl methyl sites for hydroxylation is 1. The first kappa shape index (κ1) is 20.4. The predicted octanol–water partition coefficient (Wildman–Crippen LogP) is 4.55. The highest BCUT2D eigenvalue weighted by Crippen LogP contribution is 2.30. The third kappa shape index (κ3) is 4.16. The minimum Gasteiger partial charge on any atom is -0.383 e. The second-order valence-electron chi connectivity index (χ2n) is 7.82. The van der Waals surface area contributed by atoms with Crippen molar-refractivity contribution >= 4 is 28.6 Å². The number of nitrogens with one attached hydrogen (secondary N) is 1. The minimum atomic E-state index is -0.0667. The van der Waals surface area contributed by atoms with E-state index in [1.807, 2.05) is 90.5 Å². The molecule has 0 bridgehead atoms. The summed E-state index contributed by atoms with van der Waals surface area (Å²) in [6.45, 7) is 1.98. The molecule has 7 nitrogen and oxygen atoms in total. The number of aromatic nitrogens is 4. The zero-order valence-corrected chi connectivity index (χ0v) is 18.1. The molecule has 1 amide bonds. The quantitative estimate of drug-likeness (QED) is 0.423. The van der Waals surface area contributed by atoms with Crippen molar-refractivity contribution in [2.75, 3.05) is 11.1 Å². The summed E-state index contributed by atoms with van der Waals surface area (Å²) in [4.78, 5) is 26.1. The van der Waals surface area contributed by atoms with Gasteiger partial charge >= 0.3 is 0 Å². The van der Waals surface area contributed by atoms with E-state index in [4.69, 9.17) is 10.7 Å². The van der Waals surface area contributed by atoms with Gasteiger partial charge < -0.3 is 11.1 Å². The van der Waals surface area contributed by atoms with E-state index in [1.165, 1.54) is 0 Å². The summed E-state index contributed by atoms with van der Waals surface area (Å²) in [7, 11) is 0. The normalized spacial score (nSPS) is 10.9. The predicted molar refractivity (Wildman–Crippen MR) is 130 cm³/mol. The molecule has 7 heteroatoms. The molecule has 2 aromatic carbocycles. The van der Waals surface area contributed by atoms with Crippen LogP contribution in [0.1, 0.15) is 11.1 Å². The molecule has 0 saturated carbocycles. The minimum absolute atomic E-state index is 0.0667. The standard InChI is InChI=1S/C26H22N6O/c1-17-14-22-26(29-16-17)32(25(31-22)21-8-5-13-28-24(21)27)20-11-9-18(10-12-20)15-23(33)30-19-6-3-2-4-7-19/h2-14,16H,15H2,1H3,(H2,27,28)(H,30,33). The number of carbonyl (C=O) groups is 1. The molecular weight excluding hydrogens is 412 g/mol. The average Bonchev–Trinajstić information content (AvgIpc) is 3.18. The van der Waals surface area contributed by atoms with Crippen LogP contribution in [-0.2, 0) is 11.2 Å². The number of pyridine rings is 2. The van der Waals surface area contributed by atoms with Gasteiger partial charge in [0.15, 0.2) is 11.5 Å². The summed E-state index contributed by atoms with van der Waals surface area (Å²) in [5, 5.41) is 2.91. The van der Waals surface area contributed by atoms with Crippen LogP contribution < -0.4 is 11.1 Å². The van der Waals surface area contributed by atoms with Gasteiger partial charge in [0.05, 0.1) is 12.0 Å². The first-order valence-electron chi connectivity index (χ1n) is 10.6. The van der Waals surface area contributed by atoms with E-state index >= 15 is 0 Å². The highest BCUT2D eigenvalue weighted by molar-refractivity contribution is 5.92. The number of hydrogen-bond donors (Lipinski definition) is 2. The molecule has 3 N–H and O–H groups in total. The first-order chi connectivity index (χ1) is 16.1. The van der Waals surface area contributed by atoms with Crippen LogP contribution >= 0.6 is 0 Å². The highest BCUT2D eigenvalue weighted by atomic mass is 16.1. The van der Waals surface area contributed by atoms with E-state index < -0.39 is 0 Å². The molecule has 0 saturated heterocycles. The van der Waals surface area contributed by atoms with Crippen LogP contribution in [0.4, 0.5) is 11.5 Å². The Bertz CT molecular complexity index is 1440. The van der Waals surface area contributed by atoms with E-state index in [0.717, 1.165) is 39.2 Å². The summed E-state index contributed by atoms with van der Waals surface area (Å²) < 4.78 is 1.97. The summed E-state index contributed by atoms with van der Waals surface area (Å²) in [5.74, 6) is 1.01. The monoisotopic (exact) mass is 434 g/mol. The Morgan fingerprint density at radius 2 is 1.79 bits per heavy atom. The number of anilines is 2. The van der Waals surface area contributed by atoms with Crippen molar-refractivity contribution in [2.45, 2.75) is 13.3 Å². The van der Waals surface area contributed by atoms with Crippen LogP contribution in [-0.4, -0.2) is 25.4 Å². The molecular formula is C26H22N6O.